The number of aromatic nitrogens is 4. The Bertz CT molecular complexity index is 1370. The normalized spacial score (nSPS) is 11.7. The average Bonchev–Trinajstić information content (AvgIpc) is 3.26. The van der Waals surface area contributed by atoms with E-state index in [9.17, 15) is 9.59 Å². The maximum atomic E-state index is 13.8. The van der Waals surface area contributed by atoms with Crippen molar-refractivity contribution in [3.05, 3.63) is 82.5 Å². The lowest BCUT2D eigenvalue weighted by Gasteiger charge is -2.16. The van der Waals surface area contributed by atoms with E-state index in [1.165, 1.54) is 13.3 Å². The lowest BCUT2D eigenvalue weighted by molar-refractivity contribution is 0.0600. The zero-order valence-electron chi connectivity index (χ0n) is 20.5. The number of ether oxygens (including phenoxy) is 2. The van der Waals surface area contributed by atoms with E-state index >= 15 is 0 Å². The third kappa shape index (κ3) is 5.75. The highest BCUT2D eigenvalue weighted by Gasteiger charge is 2.18. The molecule has 8 nitrogen and oxygen atoms in total. The number of rotatable bonds is 9. The van der Waals surface area contributed by atoms with Gasteiger partial charge in [0.15, 0.2) is 0 Å². The second kappa shape index (κ2) is 10.4. The highest BCUT2D eigenvalue weighted by molar-refractivity contribution is 6.76. The van der Waals surface area contributed by atoms with Crippen molar-refractivity contribution in [3.8, 4) is 11.4 Å². The van der Waals surface area contributed by atoms with Crippen LogP contribution in [0, 0.1) is 0 Å². The van der Waals surface area contributed by atoms with Crippen LogP contribution < -0.4 is 5.56 Å². The molecule has 9 heteroatoms. The predicted molar refractivity (Wildman–Crippen MR) is 138 cm³/mol. The number of fused-ring (bicyclic) bond motifs is 1. The Morgan fingerprint density at radius 3 is 2.49 bits per heavy atom. The van der Waals surface area contributed by atoms with Crippen LogP contribution in [0.2, 0.25) is 25.7 Å². The van der Waals surface area contributed by atoms with Crippen molar-refractivity contribution in [3.63, 3.8) is 0 Å². The molecule has 35 heavy (non-hydrogen) atoms. The number of nitrogens with zero attached hydrogens (tertiary/aromatic N) is 4. The molecule has 182 valence electrons. The molecule has 0 amide bonds. The Morgan fingerprint density at radius 1 is 1.06 bits per heavy atom. The van der Waals surface area contributed by atoms with Crippen LogP contribution in [0.4, 0.5) is 0 Å². The summed E-state index contributed by atoms with van der Waals surface area (Å²) in [5.41, 5.74) is 2.74. The molecule has 0 radical (unpaired) electrons. The SMILES string of the molecule is COC(=O)c1ccc(Cn2c(-c3ccccc3)nc3ccn(COCC[Si](C)(C)C)c3c2=O)nc1. The summed E-state index contributed by atoms with van der Waals surface area (Å²) in [6.07, 6.45) is 3.30. The van der Waals surface area contributed by atoms with Crippen molar-refractivity contribution >= 4 is 25.1 Å². The van der Waals surface area contributed by atoms with E-state index in [0.29, 0.717) is 41.5 Å². The Labute approximate surface area is 205 Å². The topological polar surface area (TPSA) is 88.2 Å². The molecule has 3 heterocycles. The first-order chi connectivity index (χ1) is 16.8. The third-order valence-corrected chi connectivity index (χ3v) is 7.40. The fraction of sp³-hybridized carbons (Fsp3) is 0.308. The van der Waals surface area contributed by atoms with Crippen LogP contribution in [-0.2, 0) is 22.7 Å². The van der Waals surface area contributed by atoms with Crippen LogP contribution in [0.1, 0.15) is 16.1 Å². The highest BCUT2D eigenvalue weighted by atomic mass is 28.3. The number of carbonyl (C=O) groups is 1. The van der Waals surface area contributed by atoms with Crippen LogP contribution in [0.5, 0.6) is 0 Å². The minimum atomic E-state index is -1.20. The first-order valence-electron chi connectivity index (χ1n) is 11.5. The summed E-state index contributed by atoms with van der Waals surface area (Å²) in [5, 5.41) is 0. The number of methoxy groups -OCH3 is 1. The molecule has 0 bridgehead atoms. The van der Waals surface area contributed by atoms with Gasteiger partial charge in [-0.1, -0.05) is 50.0 Å². The number of esters is 1. The van der Waals surface area contributed by atoms with Crippen molar-refractivity contribution in [2.75, 3.05) is 13.7 Å². The molecule has 4 aromatic rings. The molecule has 0 saturated carbocycles. The summed E-state index contributed by atoms with van der Waals surface area (Å²) in [6, 6.07) is 15.9. The van der Waals surface area contributed by atoms with Gasteiger partial charge in [-0.2, -0.15) is 0 Å². The van der Waals surface area contributed by atoms with Crippen molar-refractivity contribution in [2.24, 2.45) is 0 Å². The number of hydrogen-bond donors (Lipinski definition) is 0. The standard InChI is InChI=1S/C26H30N4O4Si/c1-33-26(32)20-10-11-21(27-16-20)17-30-24(19-8-6-5-7-9-19)28-22-12-13-29(23(22)25(30)31)18-34-14-15-35(2,3)4/h5-13,16H,14-15,17-18H2,1-4H3. The van der Waals surface area contributed by atoms with Gasteiger partial charge in [0.2, 0.25) is 0 Å². The summed E-state index contributed by atoms with van der Waals surface area (Å²) in [6.45, 7) is 8.08. The molecule has 0 atom stereocenters. The minimum absolute atomic E-state index is 0.175. The smallest absolute Gasteiger partial charge is 0.339 e. The summed E-state index contributed by atoms with van der Waals surface area (Å²) in [5.74, 6) is 0.0978. The van der Waals surface area contributed by atoms with Gasteiger partial charge < -0.3 is 14.0 Å². The molecular formula is C26H30N4O4Si. The number of benzene rings is 1. The second-order valence-electron chi connectivity index (χ2n) is 9.59. The zero-order valence-corrected chi connectivity index (χ0v) is 21.5. The Balaban J connectivity index is 1.72. The monoisotopic (exact) mass is 490 g/mol. The van der Waals surface area contributed by atoms with Crippen LogP contribution in [0.3, 0.4) is 0 Å². The predicted octanol–water partition coefficient (Wildman–Crippen LogP) is 4.41. The summed E-state index contributed by atoms with van der Waals surface area (Å²) < 4.78 is 14.1. The maximum absolute atomic E-state index is 13.8. The van der Waals surface area contributed by atoms with E-state index < -0.39 is 14.0 Å². The molecule has 0 unspecified atom stereocenters. The first kappa shape index (κ1) is 24.6. The van der Waals surface area contributed by atoms with Crippen molar-refractivity contribution in [1.82, 2.24) is 19.1 Å². The quantitative estimate of drug-likeness (QED) is 0.196. The average molecular weight is 491 g/mol. The van der Waals surface area contributed by atoms with Gasteiger partial charge in [-0.25, -0.2) is 9.78 Å². The van der Waals surface area contributed by atoms with Gasteiger partial charge in [0.05, 0.1) is 30.4 Å². The lowest BCUT2D eigenvalue weighted by atomic mass is 10.2. The highest BCUT2D eigenvalue weighted by Crippen LogP contribution is 2.20. The van der Waals surface area contributed by atoms with E-state index in [1.54, 1.807) is 16.7 Å². The van der Waals surface area contributed by atoms with Crippen molar-refractivity contribution in [2.45, 2.75) is 39.0 Å². The summed E-state index contributed by atoms with van der Waals surface area (Å²) in [7, 11) is 0.123. The van der Waals surface area contributed by atoms with Crippen LogP contribution >= 0.6 is 0 Å². The van der Waals surface area contributed by atoms with Crippen LogP contribution in [0.25, 0.3) is 22.4 Å². The van der Waals surface area contributed by atoms with E-state index in [1.807, 2.05) is 47.2 Å². The Kier molecular flexibility index (Phi) is 7.27. The van der Waals surface area contributed by atoms with Crippen molar-refractivity contribution < 1.29 is 14.3 Å². The minimum Gasteiger partial charge on any atom is -0.465 e. The molecule has 0 fully saturated rings. The largest absolute Gasteiger partial charge is 0.465 e. The van der Waals surface area contributed by atoms with Gasteiger partial charge in [-0.15, -0.1) is 0 Å². The Hall–Kier alpha value is -3.56. The molecule has 0 spiro atoms. The van der Waals surface area contributed by atoms with Gasteiger partial charge in [0, 0.05) is 32.6 Å². The summed E-state index contributed by atoms with van der Waals surface area (Å²) >= 11 is 0. The van der Waals surface area contributed by atoms with Gasteiger partial charge in [0.25, 0.3) is 5.56 Å². The number of hydrogen-bond acceptors (Lipinski definition) is 6. The van der Waals surface area contributed by atoms with Gasteiger partial charge in [-0.05, 0) is 24.2 Å². The second-order valence-corrected chi connectivity index (χ2v) is 15.2. The fourth-order valence-electron chi connectivity index (χ4n) is 3.70. The fourth-order valence-corrected chi connectivity index (χ4v) is 4.46. The zero-order chi connectivity index (χ0) is 25.0. The lowest BCUT2D eigenvalue weighted by Crippen LogP contribution is -2.26. The molecule has 0 N–H and O–H groups in total. The van der Waals surface area contributed by atoms with Gasteiger partial charge >= 0.3 is 5.97 Å². The van der Waals surface area contributed by atoms with E-state index in [0.717, 1.165) is 11.6 Å². The third-order valence-electron chi connectivity index (χ3n) is 5.70. The number of carbonyl (C=O) groups excluding carboxylic acids is 1. The molecule has 4 rings (SSSR count). The maximum Gasteiger partial charge on any atom is 0.339 e. The van der Waals surface area contributed by atoms with E-state index in [4.69, 9.17) is 14.5 Å². The van der Waals surface area contributed by atoms with Crippen LogP contribution in [0.15, 0.2) is 65.7 Å². The molecule has 1 aromatic carbocycles. The van der Waals surface area contributed by atoms with Crippen LogP contribution in [-0.4, -0.2) is 46.9 Å². The first-order valence-corrected chi connectivity index (χ1v) is 15.2. The number of pyridine rings is 1. The van der Waals surface area contributed by atoms with E-state index in [2.05, 4.69) is 24.6 Å². The molecule has 0 aliphatic carbocycles. The van der Waals surface area contributed by atoms with Crippen molar-refractivity contribution in [1.29, 1.82) is 0 Å². The molecule has 3 aromatic heterocycles. The molecule has 0 saturated heterocycles. The molecule has 0 aliphatic rings. The van der Waals surface area contributed by atoms with Gasteiger partial charge in [-0.3, -0.25) is 14.3 Å². The Morgan fingerprint density at radius 2 is 1.83 bits per heavy atom. The summed E-state index contributed by atoms with van der Waals surface area (Å²) in [4.78, 5) is 34.7. The van der Waals surface area contributed by atoms with E-state index in [-0.39, 0.29) is 12.1 Å². The molecule has 0 aliphatic heterocycles. The van der Waals surface area contributed by atoms with Gasteiger partial charge in [0.1, 0.15) is 18.1 Å². The molecular weight excluding hydrogens is 460 g/mol.